The Hall–Kier alpha value is -1.56. The van der Waals surface area contributed by atoms with Gasteiger partial charge in [-0.15, -0.1) is 11.3 Å². The van der Waals surface area contributed by atoms with E-state index < -0.39 is 11.9 Å². The van der Waals surface area contributed by atoms with Crippen molar-refractivity contribution in [1.82, 2.24) is 0 Å². The Morgan fingerprint density at radius 1 is 1.24 bits per heavy atom. The van der Waals surface area contributed by atoms with Crippen LogP contribution < -0.4 is 5.32 Å². The van der Waals surface area contributed by atoms with Crippen LogP contribution in [0.1, 0.15) is 38.5 Å². The summed E-state index contributed by atoms with van der Waals surface area (Å²) >= 11 is 13.7. The van der Waals surface area contributed by atoms with Crippen molar-refractivity contribution in [3.05, 3.63) is 49.1 Å². The van der Waals surface area contributed by atoms with E-state index in [4.69, 9.17) is 27.9 Å². The molecule has 0 saturated heterocycles. The smallest absolute Gasteiger partial charge is 0.348 e. The van der Waals surface area contributed by atoms with Crippen molar-refractivity contribution in [2.45, 2.75) is 32.6 Å². The van der Waals surface area contributed by atoms with Gasteiger partial charge in [0.05, 0.1) is 15.7 Å². The molecule has 7 heteroatoms. The largest absolute Gasteiger partial charge is 0.451 e. The average Bonchev–Trinajstić information content (AvgIpc) is 3.04. The van der Waals surface area contributed by atoms with Crippen LogP contribution in [0.15, 0.2) is 18.2 Å². The van der Waals surface area contributed by atoms with Gasteiger partial charge >= 0.3 is 5.97 Å². The van der Waals surface area contributed by atoms with E-state index in [2.05, 4.69) is 5.32 Å². The third kappa shape index (κ3) is 4.17. The molecule has 1 aromatic carbocycles. The summed E-state index contributed by atoms with van der Waals surface area (Å²) in [6, 6.07) is 5.30. The van der Waals surface area contributed by atoms with Gasteiger partial charge in [-0.1, -0.05) is 29.3 Å². The third-order valence-corrected chi connectivity index (χ3v) is 6.10. The number of carbonyl (C=O) groups is 2. The van der Waals surface area contributed by atoms with Crippen molar-refractivity contribution in [2.75, 3.05) is 11.9 Å². The zero-order chi connectivity index (χ0) is 18.0. The lowest BCUT2D eigenvalue weighted by atomic mass is 9.99. The number of esters is 1. The third-order valence-electron chi connectivity index (χ3n) is 4.08. The number of carbonyl (C=O) groups excluding carboxylic acids is 2. The van der Waals surface area contributed by atoms with E-state index in [1.54, 1.807) is 12.1 Å². The van der Waals surface area contributed by atoms with Crippen LogP contribution in [0.3, 0.4) is 0 Å². The molecule has 2 aromatic rings. The fraction of sp³-hybridized carbons (Fsp3) is 0.333. The number of ether oxygens (including phenoxy) is 1. The first-order valence-corrected chi connectivity index (χ1v) is 9.56. The minimum atomic E-state index is -0.482. The van der Waals surface area contributed by atoms with Crippen LogP contribution in [-0.2, 0) is 22.4 Å². The van der Waals surface area contributed by atoms with E-state index >= 15 is 0 Å². The second kappa shape index (κ2) is 7.77. The molecular weight excluding hydrogens is 381 g/mol. The summed E-state index contributed by atoms with van der Waals surface area (Å²) in [6.45, 7) is 1.43. The fourth-order valence-electron chi connectivity index (χ4n) is 2.74. The minimum Gasteiger partial charge on any atom is -0.451 e. The van der Waals surface area contributed by atoms with Crippen molar-refractivity contribution in [1.29, 1.82) is 0 Å². The lowest BCUT2D eigenvalue weighted by Gasteiger charge is -2.11. The van der Waals surface area contributed by atoms with Crippen LogP contribution in [0.2, 0.25) is 10.0 Å². The number of aryl methyl sites for hydroxylation is 3. The molecule has 3 rings (SSSR count). The van der Waals surface area contributed by atoms with Crippen molar-refractivity contribution < 1.29 is 14.3 Å². The van der Waals surface area contributed by atoms with Gasteiger partial charge in [-0.25, -0.2) is 4.79 Å². The van der Waals surface area contributed by atoms with Crippen LogP contribution in [0.4, 0.5) is 5.69 Å². The van der Waals surface area contributed by atoms with Gasteiger partial charge in [0.2, 0.25) is 0 Å². The van der Waals surface area contributed by atoms with Gasteiger partial charge in [-0.2, -0.15) is 0 Å². The highest BCUT2D eigenvalue weighted by Gasteiger charge is 2.19. The van der Waals surface area contributed by atoms with Gasteiger partial charge in [0, 0.05) is 4.88 Å². The zero-order valence-corrected chi connectivity index (χ0v) is 16.0. The molecule has 1 aromatic heterocycles. The normalized spacial score (nSPS) is 13.2. The summed E-state index contributed by atoms with van der Waals surface area (Å²) in [5.41, 5.74) is 2.35. The highest BCUT2D eigenvalue weighted by molar-refractivity contribution is 7.14. The number of nitrogens with one attached hydrogen (secondary N) is 1. The van der Waals surface area contributed by atoms with E-state index in [-0.39, 0.29) is 6.61 Å². The molecular formula is C18H17Cl2NO3S. The van der Waals surface area contributed by atoms with Gasteiger partial charge < -0.3 is 10.1 Å². The lowest BCUT2D eigenvalue weighted by molar-refractivity contribution is -0.119. The predicted molar refractivity (Wildman–Crippen MR) is 101 cm³/mol. The lowest BCUT2D eigenvalue weighted by Crippen LogP contribution is -2.21. The Balaban J connectivity index is 1.60. The SMILES string of the molecule is Cc1ccc(Cl)c(NC(=O)COC(=O)c2cc3c(s2)CCCC3)c1Cl. The molecule has 1 N–H and O–H groups in total. The first-order valence-electron chi connectivity index (χ1n) is 7.99. The number of fused-ring (bicyclic) bond motifs is 1. The molecule has 0 spiro atoms. The summed E-state index contributed by atoms with van der Waals surface area (Å²) in [7, 11) is 0. The van der Waals surface area contributed by atoms with Crippen molar-refractivity contribution in [3.8, 4) is 0 Å². The standard InChI is InChI=1S/C18H17Cl2NO3S/c1-10-6-7-12(19)17(16(10)20)21-15(22)9-24-18(23)14-8-11-4-2-3-5-13(11)25-14/h6-8H,2-5,9H2,1H3,(H,21,22). The molecule has 0 atom stereocenters. The average molecular weight is 398 g/mol. The maximum Gasteiger partial charge on any atom is 0.348 e. The van der Waals surface area contributed by atoms with Crippen LogP contribution >= 0.6 is 34.5 Å². The van der Waals surface area contributed by atoms with Crippen molar-refractivity contribution in [2.24, 2.45) is 0 Å². The van der Waals surface area contributed by atoms with E-state index in [1.165, 1.54) is 21.8 Å². The summed E-state index contributed by atoms with van der Waals surface area (Å²) in [5, 5.41) is 3.31. The van der Waals surface area contributed by atoms with Crippen LogP contribution in [0.25, 0.3) is 0 Å². The quantitative estimate of drug-likeness (QED) is 0.735. The highest BCUT2D eigenvalue weighted by atomic mass is 35.5. The van der Waals surface area contributed by atoms with Gasteiger partial charge in [0.25, 0.3) is 5.91 Å². The fourth-order valence-corrected chi connectivity index (χ4v) is 4.35. The monoisotopic (exact) mass is 397 g/mol. The van der Waals surface area contributed by atoms with Gasteiger partial charge in [0.1, 0.15) is 4.88 Å². The van der Waals surface area contributed by atoms with E-state index in [9.17, 15) is 9.59 Å². The zero-order valence-electron chi connectivity index (χ0n) is 13.7. The number of hydrogen-bond donors (Lipinski definition) is 1. The number of hydrogen-bond acceptors (Lipinski definition) is 4. The molecule has 0 radical (unpaired) electrons. The first kappa shape index (κ1) is 18.2. The number of amides is 1. The second-order valence-corrected chi connectivity index (χ2v) is 7.87. The van der Waals surface area contributed by atoms with E-state index in [1.807, 2.05) is 13.0 Å². The number of benzene rings is 1. The first-order chi connectivity index (χ1) is 12.0. The second-order valence-electron chi connectivity index (χ2n) is 5.94. The molecule has 1 aliphatic rings. The van der Waals surface area contributed by atoms with Crippen molar-refractivity contribution in [3.63, 3.8) is 0 Å². The van der Waals surface area contributed by atoms with Gasteiger partial charge in [0.15, 0.2) is 6.61 Å². The topological polar surface area (TPSA) is 55.4 Å². The Bertz CT molecular complexity index is 808. The Labute approximate surface area is 160 Å². The van der Waals surface area contributed by atoms with E-state index in [0.29, 0.717) is 20.6 Å². The summed E-state index contributed by atoms with van der Waals surface area (Å²) in [5.74, 6) is -0.958. The molecule has 0 saturated carbocycles. The molecule has 1 amide bonds. The van der Waals surface area contributed by atoms with Gasteiger partial charge in [-0.05, 0) is 55.9 Å². The molecule has 4 nitrogen and oxygen atoms in total. The molecule has 0 fully saturated rings. The Morgan fingerprint density at radius 2 is 2.00 bits per heavy atom. The number of halogens is 2. The Kier molecular flexibility index (Phi) is 5.67. The molecule has 0 aliphatic heterocycles. The van der Waals surface area contributed by atoms with E-state index in [0.717, 1.165) is 31.2 Å². The van der Waals surface area contributed by atoms with Crippen LogP contribution in [-0.4, -0.2) is 18.5 Å². The highest BCUT2D eigenvalue weighted by Crippen LogP contribution is 2.33. The molecule has 25 heavy (non-hydrogen) atoms. The molecule has 1 aliphatic carbocycles. The van der Waals surface area contributed by atoms with Gasteiger partial charge in [-0.3, -0.25) is 4.79 Å². The molecule has 132 valence electrons. The Morgan fingerprint density at radius 3 is 2.76 bits per heavy atom. The summed E-state index contributed by atoms with van der Waals surface area (Å²) in [6.07, 6.45) is 4.32. The predicted octanol–water partition coefficient (Wildman–Crippen LogP) is 5.04. The minimum absolute atomic E-state index is 0.330. The number of anilines is 1. The maximum atomic E-state index is 12.2. The van der Waals surface area contributed by atoms with Crippen LogP contribution in [0, 0.1) is 6.92 Å². The number of rotatable bonds is 4. The summed E-state index contributed by atoms with van der Waals surface area (Å²) < 4.78 is 5.12. The molecule has 1 heterocycles. The number of thiophene rings is 1. The molecule has 0 bridgehead atoms. The molecule has 0 unspecified atom stereocenters. The van der Waals surface area contributed by atoms with Crippen molar-refractivity contribution >= 4 is 52.1 Å². The maximum absolute atomic E-state index is 12.2. The summed E-state index contributed by atoms with van der Waals surface area (Å²) in [4.78, 5) is 26.0. The van der Waals surface area contributed by atoms with Crippen LogP contribution in [0.5, 0.6) is 0 Å².